The first kappa shape index (κ1) is 53.0. The lowest BCUT2D eigenvalue weighted by Crippen LogP contribution is -2.37. The molecule has 55 heavy (non-hydrogen) atoms. The van der Waals surface area contributed by atoms with Gasteiger partial charge in [-0.25, -0.2) is 0 Å². The van der Waals surface area contributed by atoms with Gasteiger partial charge < -0.3 is 27.9 Å². The van der Waals surface area contributed by atoms with Crippen molar-refractivity contribution in [2.75, 3.05) is 47.5 Å². The van der Waals surface area contributed by atoms with Crippen LogP contribution in [0.15, 0.2) is 60.9 Å². The third-order valence-corrected chi connectivity index (χ3v) is 10.1. The molecule has 0 aromatic heterocycles. The SMILES string of the molecule is CCCCC/C=C\C/C=C\C/C=C\C/C=C\CCCC(=O)O[C@H](CO/C=C\CCCCCCCCCCCCCCCC)COP(=O)([O-])OCC[N+](C)(C)C. The lowest BCUT2D eigenvalue weighted by Gasteiger charge is -2.28. The Morgan fingerprint density at radius 1 is 0.582 bits per heavy atom. The molecule has 0 aliphatic rings. The molecule has 0 heterocycles. The van der Waals surface area contributed by atoms with Gasteiger partial charge in [0, 0.05) is 6.42 Å². The first-order valence-electron chi connectivity index (χ1n) is 22.1. The summed E-state index contributed by atoms with van der Waals surface area (Å²) in [5.74, 6) is -0.411. The van der Waals surface area contributed by atoms with E-state index >= 15 is 0 Å². The number of phosphoric ester groups is 1. The molecule has 2 atom stereocenters. The molecule has 0 aromatic rings. The monoisotopic (exact) mass is 794 g/mol. The number of phosphoric acid groups is 1. The second-order valence-electron chi connectivity index (χ2n) is 15.8. The Balaban J connectivity index is 4.39. The quantitative estimate of drug-likeness (QED) is 0.0152. The van der Waals surface area contributed by atoms with E-state index in [0.29, 0.717) is 17.4 Å². The molecular weight excluding hydrogens is 709 g/mol. The Bertz CT molecular complexity index is 1060. The molecule has 0 aromatic carbocycles. The summed E-state index contributed by atoms with van der Waals surface area (Å²) in [5.41, 5.74) is 0. The van der Waals surface area contributed by atoms with Gasteiger partial charge in [-0.2, -0.15) is 0 Å². The van der Waals surface area contributed by atoms with Crippen LogP contribution >= 0.6 is 7.82 Å². The van der Waals surface area contributed by atoms with E-state index in [2.05, 4.69) is 62.5 Å². The normalized spacial score (nSPS) is 14.3. The molecule has 0 saturated heterocycles. The molecule has 0 amide bonds. The predicted octanol–water partition coefficient (Wildman–Crippen LogP) is 12.7. The van der Waals surface area contributed by atoms with Crippen LogP contribution in [0, 0.1) is 0 Å². The van der Waals surface area contributed by atoms with Gasteiger partial charge in [0.1, 0.15) is 19.8 Å². The zero-order valence-corrected chi connectivity index (χ0v) is 37.0. The summed E-state index contributed by atoms with van der Waals surface area (Å²) in [5, 5.41) is 0. The number of likely N-dealkylation sites (N-methyl/N-ethyl adjacent to an activating group) is 1. The van der Waals surface area contributed by atoms with Crippen molar-refractivity contribution in [1.82, 2.24) is 0 Å². The van der Waals surface area contributed by atoms with Crippen molar-refractivity contribution in [2.24, 2.45) is 0 Å². The van der Waals surface area contributed by atoms with Crippen LogP contribution in [0.5, 0.6) is 0 Å². The van der Waals surface area contributed by atoms with Crippen molar-refractivity contribution in [2.45, 2.75) is 180 Å². The molecule has 0 fully saturated rings. The summed E-state index contributed by atoms with van der Waals surface area (Å²) in [6, 6.07) is 0. The zero-order chi connectivity index (χ0) is 40.6. The number of esters is 1. The lowest BCUT2D eigenvalue weighted by atomic mass is 10.0. The van der Waals surface area contributed by atoms with Crippen molar-refractivity contribution in [3.05, 3.63) is 60.9 Å². The van der Waals surface area contributed by atoms with Crippen molar-refractivity contribution >= 4 is 13.8 Å². The van der Waals surface area contributed by atoms with Crippen LogP contribution in [-0.2, 0) is 27.9 Å². The number of quaternary nitrogens is 1. The van der Waals surface area contributed by atoms with E-state index in [9.17, 15) is 14.3 Å². The largest absolute Gasteiger partial charge is 0.756 e. The number of carbonyl (C=O) groups excluding carboxylic acids is 1. The second kappa shape index (κ2) is 38.9. The molecule has 9 heteroatoms. The standard InChI is InChI=1S/C46H84NO7P/c1-6-8-10-12-14-16-18-20-22-24-25-27-29-31-33-35-37-39-46(48)54-45(44-53-55(49,50)52-42-40-47(3,4)5)43-51-41-38-36-34-32-30-28-26-23-21-19-17-15-13-11-9-7-2/h14,16,20,22,25,27,31,33,38,41,45H,6-13,15,17-19,21,23-24,26,28-30,32,34-37,39-40,42-44H2,1-5H3/b16-14-,22-20-,27-25-,33-31-,41-38-/t45-/m1/s1. The third-order valence-electron chi connectivity index (χ3n) is 9.14. The Hall–Kier alpha value is -1.96. The van der Waals surface area contributed by atoms with Crippen molar-refractivity contribution in [3.8, 4) is 0 Å². The molecule has 0 bridgehead atoms. The Morgan fingerprint density at radius 3 is 1.55 bits per heavy atom. The Kier molecular flexibility index (Phi) is 37.5. The van der Waals surface area contributed by atoms with E-state index in [0.717, 1.165) is 38.5 Å². The maximum Gasteiger partial charge on any atom is 0.306 e. The lowest BCUT2D eigenvalue weighted by molar-refractivity contribution is -0.870. The number of allylic oxidation sites excluding steroid dienone is 9. The highest BCUT2D eigenvalue weighted by Crippen LogP contribution is 2.38. The highest BCUT2D eigenvalue weighted by molar-refractivity contribution is 7.45. The Labute approximate surface area is 339 Å². The van der Waals surface area contributed by atoms with Crippen molar-refractivity contribution in [3.63, 3.8) is 0 Å². The van der Waals surface area contributed by atoms with Gasteiger partial charge in [-0.05, 0) is 63.9 Å². The average molecular weight is 794 g/mol. The smallest absolute Gasteiger partial charge is 0.306 e. The molecule has 0 spiro atoms. The number of rotatable bonds is 40. The summed E-state index contributed by atoms with van der Waals surface area (Å²) < 4.78 is 34.3. The van der Waals surface area contributed by atoms with E-state index in [1.54, 1.807) is 6.26 Å². The maximum atomic E-state index is 12.6. The fourth-order valence-electron chi connectivity index (χ4n) is 5.68. The predicted molar refractivity (Wildman–Crippen MR) is 231 cm³/mol. The van der Waals surface area contributed by atoms with E-state index in [4.69, 9.17) is 18.5 Å². The Morgan fingerprint density at radius 2 is 1.02 bits per heavy atom. The zero-order valence-electron chi connectivity index (χ0n) is 36.1. The summed E-state index contributed by atoms with van der Waals surface area (Å²) in [6.45, 7) is 4.64. The highest BCUT2D eigenvalue weighted by atomic mass is 31.2. The summed E-state index contributed by atoms with van der Waals surface area (Å²) >= 11 is 0. The minimum atomic E-state index is -4.56. The van der Waals surface area contributed by atoms with E-state index in [1.165, 1.54) is 109 Å². The van der Waals surface area contributed by atoms with Gasteiger partial charge >= 0.3 is 5.97 Å². The van der Waals surface area contributed by atoms with Gasteiger partial charge in [-0.15, -0.1) is 0 Å². The third kappa shape index (κ3) is 43.0. The van der Waals surface area contributed by atoms with Gasteiger partial charge in [-0.1, -0.05) is 159 Å². The van der Waals surface area contributed by atoms with Gasteiger partial charge in [-0.3, -0.25) is 9.36 Å². The molecule has 1 unspecified atom stereocenters. The fraction of sp³-hybridized carbons (Fsp3) is 0.761. The number of carbonyl (C=O) groups is 1. The number of unbranched alkanes of at least 4 members (excludes halogenated alkanes) is 18. The van der Waals surface area contributed by atoms with Crippen LogP contribution in [0.3, 0.4) is 0 Å². The maximum absolute atomic E-state index is 12.6. The molecule has 0 saturated carbocycles. The molecule has 320 valence electrons. The van der Waals surface area contributed by atoms with Gasteiger partial charge in [0.25, 0.3) is 7.82 Å². The van der Waals surface area contributed by atoms with Crippen molar-refractivity contribution < 1.29 is 37.3 Å². The topological polar surface area (TPSA) is 94.1 Å². The number of hydrogen-bond acceptors (Lipinski definition) is 7. The van der Waals surface area contributed by atoms with Crippen LogP contribution in [0.4, 0.5) is 0 Å². The molecule has 8 nitrogen and oxygen atoms in total. The van der Waals surface area contributed by atoms with E-state index in [-0.39, 0.29) is 26.2 Å². The minimum Gasteiger partial charge on any atom is -0.756 e. The van der Waals surface area contributed by atoms with Crippen LogP contribution in [-0.4, -0.2) is 64.1 Å². The number of nitrogens with zero attached hydrogens (tertiary/aromatic N) is 1. The van der Waals surface area contributed by atoms with Crippen LogP contribution in [0.25, 0.3) is 0 Å². The molecule has 0 radical (unpaired) electrons. The molecule has 0 rings (SSSR count). The summed E-state index contributed by atoms with van der Waals surface area (Å²) in [4.78, 5) is 25.0. The number of ether oxygens (including phenoxy) is 2. The van der Waals surface area contributed by atoms with E-state index in [1.807, 2.05) is 27.2 Å². The molecule has 0 aliphatic carbocycles. The molecule has 0 N–H and O–H groups in total. The van der Waals surface area contributed by atoms with Crippen LogP contribution in [0.2, 0.25) is 0 Å². The van der Waals surface area contributed by atoms with Crippen LogP contribution < -0.4 is 4.89 Å². The van der Waals surface area contributed by atoms with Crippen LogP contribution in [0.1, 0.15) is 174 Å². The van der Waals surface area contributed by atoms with Crippen molar-refractivity contribution in [1.29, 1.82) is 0 Å². The molecular formula is C46H84NO7P. The summed E-state index contributed by atoms with van der Waals surface area (Å²) in [6.07, 6.45) is 49.0. The first-order chi connectivity index (χ1) is 26.6. The van der Waals surface area contributed by atoms with Gasteiger partial charge in [0.2, 0.25) is 0 Å². The fourth-order valence-corrected chi connectivity index (χ4v) is 6.41. The highest BCUT2D eigenvalue weighted by Gasteiger charge is 2.20. The summed E-state index contributed by atoms with van der Waals surface area (Å²) in [7, 11) is 1.29. The van der Waals surface area contributed by atoms with Gasteiger partial charge in [0.05, 0.1) is 34.0 Å². The first-order valence-corrected chi connectivity index (χ1v) is 23.5. The van der Waals surface area contributed by atoms with E-state index < -0.39 is 19.9 Å². The minimum absolute atomic E-state index is 0.00294. The molecule has 0 aliphatic heterocycles. The number of hydrogen-bond donors (Lipinski definition) is 0. The van der Waals surface area contributed by atoms with Gasteiger partial charge in [0.15, 0.2) is 6.10 Å². The second-order valence-corrected chi connectivity index (χ2v) is 17.2. The average Bonchev–Trinajstić information content (AvgIpc) is 3.13.